The van der Waals surface area contributed by atoms with Crippen LogP contribution in [0.1, 0.15) is 11.3 Å². The van der Waals surface area contributed by atoms with E-state index < -0.39 is 4.92 Å². The van der Waals surface area contributed by atoms with Crippen molar-refractivity contribution in [3.8, 4) is 0 Å². The van der Waals surface area contributed by atoms with E-state index in [0.29, 0.717) is 32.2 Å². The Bertz CT molecular complexity index is 683. The summed E-state index contributed by atoms with van der Waals surface area (Å²) < 4.78 is 10.4. The summed E-state index contributed by atoms with van der Waals surface area (Å²) in [6, 6.07) is 10.1. The third-order valence-corrected chi connectivity index (χ3v) is 3.48. The van der Waals surface area contributed by atoms with Gasteiger partial charge in [-0.3, -0.25) is 10.1 Å². The zero-order valence-corrected chi connectivity index (χ0v) is 14.3. The summed E-state index contributed by atoms with van der Waals surface area (Å²) in [4.78, 5) is 16.8. The SMILES string of the molecule is COCCNC(=NCc1ccc([N+](=O)[O-])cc1)N(C)Cc1ccco1. The Labute approximate surface area is 146 Å². The van der Waals surface area contributed by atoms with Crippen molar-refractivity contribution in [2.24, 2.45) is 4.99 Å². The van der Waals surface area contributed by atoms with Crippen LogP contribution >= 0.6 is 0 Å². The number of hydrogen-bond donors (Lipinski definition) is 1. The molecule has 25 heavy (non-hydrogen) atoms. The van der Waals surface area contributed by atoms with Gasteiger partial charge in [0.15, 0.2) is 5.96 Å². The summed E-state index contributed by atoms with van der Waals surface area (Å²) in [5.41, 5.74) is 0.962. The molecule has 0 bridgehead atoms. The average molecular weight is 346 g/mol. The number of hydrogen-bond acceptors (Lipinski definition) is 5. The summed E-state index contributed by atoms with van der Waals surface area (Å²) in [6.45, 7) is 2.17. The van der Waals surface area contributed by atoms with E-state index >= 15 is 0 Å². The fourth-order valence-electron chi connectivity index (χ4n) is 2.18. The van der Waals surface area contributed by atoms with Gasteiger partial charge in [0.25, 0.3) is 5.69 Å². The molecule has 8 heteroatoms. The predicted octanol–water partition coefficient (Wildman–Crippen LogP) is 2.41. The van der Waals surface area contributed by atoms with Crippen LogP contribution in [0.3, 0.4) is 0 Å². The standard InChI is InChI=1S/C17H22N4O4/c1-20(13-16-4-3-10-25-16)17(18-9-11-24-2)19-12-14-5-7-15(8-6-14)21(22)23/h3-8,10H,9,11-13H2,1-2H3,(H,18,19). The zero-order valence-electron chi connectivity index (χ0n) is 14.3. The molecule has 2 rings (SSSR count). The van der Waals surface area contributed by atoms with Crippen molar-refractivity contribution >= 4 is 11.6 Å². The molecular formula is C17H22N4O4. The van der Waals surface area contributed by atoms with Gasteiger partial charge in [-0.25, -0.2) is 4.99 Å². The fraction of sp³-hybridized carbons (Fsp3) is 0.353. The third kappa shape index (κ3) is 5.92. The van der Waals surface area contributed by atoms with E-state index in [1.54, 1.807) is 25.5 Å². The van der Waals surface area contributed by atoms with Gasteiger partial charge in [-0.05, 0) is 17.7 Å². The topological polar surface area (TPSA) is 93.1 Å². The second-order valence-electron chi connectivity index (χ2n) is 5.42. The first-order valence-corrected chi connectivity index (χ1v) is 7.84. The number of rotatable bonds is 8. The van der Waals surface area contributed by atoms with Crippen LogP contribution in [0.25, 0.3) is 0 Å². The van der Waals surface area contributed by atoms with Gasteiger partial charge in [0.2, 0.25) is 0 Å². The van der Waals surface area contributed by atoms with Crippen molar-refractivity contribution in [2.75, 3.05) is 27.3 Å². The van der Waals surface area contributed by atoms with Crippen LogP contribution in [0.4, 0.5) is 5.69 Å². The number of aliphatic imine (C=N–C) groups is 1. The van der Waals surface area contributed by atoms with Crippen LogP contribution in [-0.2, 0) is 17.8 Å². The normalized spacial score (nSPS) is 11.4. The molecule has 0 saturated carbocycles. The molecule has 0 amide bonds. The molecule has 0 fully saturated rings. The molecule has 1 aromatic heterocycles. The number of nitrogens with zero attached hydrogens (tertiary/aromatic N) is 3. The highest BCUT2D eigenvalue weighted by Crippen LogP contribution is 2.13. The van der Waals surface area contributed by atoms with E-state index in [9.17, 15) is 10.1 Å². The molecule has 0 atom stereocenters. The maximum absolute atomic E-state index is 10.7. The van der Waals surface area contributed by atoms with Crippen molar-refractivity contribution in [3.05, 3.63) is 64.1 Å². The van der Waals surface area contributed by atoms with Crippen molar-refractivity contribution < 1.29 is 14.1 Å². The van der Waals surface area contributed by atoms with E-state index in [1.165, 1.54) is 12.1 Å². The first kappa shape index (κ1) is 18.5. The van der Waals surface area contributed by atoms with Crippen molar-refractivity contribution in [1.82, 2.24) is 10.2 Å². The molecule has 1 N–H and O–H groups in total. The second-order valence-corrected chi connectivity index (χ2v) is 5.42. The van der Waals surface area contributed by atoms with Gasteiger partial charge in [0.05, 0.1) is 30.9 Å². The molecule has 0 spiro atoms. The Balaban J connectivity index is 2.04. The van der Waals surface area contributed by atoms with E-state index in [4.69, 9.17) is 9.15 Å². The lowest BCUT2D eigenvalue weighted by molar-refractivity contribution is -0.384. The van der Waals surface area contributed by atoms with Gasteiger partial charge in [-0.1, -0.05) is 12.1 Å². The van der Waals surface area contributed by atoms with Crippen LogP contribution in [0.15, 0.2) is 52.1 Å². The molecular weight excluding hydrogens is 324 g/mol. The highest BCUT2D eigenvalue weighted by Gasteiger charge is 2.09. The molecule has 0 aliphatic heterocycles. The molecule has 0 aliphatic carbocycles. The molecule has 1 heterocycles. The number of non-ortho nitro benzene ring substituents is 1. The molecule has 0 radical (unpaired) electrons. The van der Waals surface area contributed by atoms with Gasteiger partial charge in [0.1, 0.15) is 5.76 Å². The van der Waals surface area contributed by atoms with E-state index in [1.807, 2.05) is 24.1 Å². The van der Waals surface area contributed by atoms with Crippen LogP contribution in [0.2, 0.25) is 0 Å². The molecule has 0 saturated heterocycles. The van der Waals surface area contributed by atoms with Gasteiger partial charge in [-0.15, -0.1) is 0 Å². The van der Waals surface area contributed by atoms with E-state index in [-0.39, 0.29) is 5.69 Å². The van der Waals surface area contributed by atoms with Crippen LogP contribution < -0.4 is 5.32 Å². The van der Waals surface area contributed by atoms with Gasteiger partial charge in [-0.2, -0.15) is 0 Å². The Morgan fingerprint density at radius 3 is 2.72 bits per heavy atom. The summed E-state index contributed by atoms with van der Waals surface area (Å²) in [7, 11) is 3.55. The molecule has 0 unspecified atom stereocenters. The number of nitrogens with one attached hydrogen (secondary N) is 1. The lowest BCUT2D eigenvalue weighted by Crippen LogP contribution is -2.40. The summed E-state index contributed by atoms with van der Waals surface area (Å²) in [5, 5.41) is 13.9. The third-order valence-electron chi connectivity index (χ3n) is 3.48. The average Bonchev–Trinajstić information content (AvgIpc) is 3.11. The number of guanidine groups is 1. The van der Waals surface area contributed by atoms with Crippen molar-refractivity contribution in [2.45, 2.75) is 13.1 Å². The number of nitro groups is 1. The predicted molar refractivity (Wildman–Crippen MR) is 94.3 cm³/mol. The van der Waals surface area contributed by atoms with E-state index in [0.717, 1.165) is 11.3 Å². The first-order valence-electron chi connectivity index (χ1n) is 7.84. The summed E-state index contributed by atoms with van der Waals surface area (Å²) >= 11 is 0. The molecule has 134 valence electrons. The second kappa shape index (κ2) is 9.43. The maximum Gasteiger partial charge on any atom is 0.269 e. The van der Waals surface area contributed by atoms with Gasteiger partial charge >= 0.3 is 0 Å². The molecule has 8 nitrogen and oxygen atoms in total. The number of methoxy groups -OCH3 is 1. The fourth-order valence-corrected chi connectivity index (χ4v) is 2.18. The van der Waals surface area contributed by atoms with Crippen molar-refractivity contribution in [1.29, 1.82) is 0 Å². The highest BCUT2D eigenvalue weighted by atomic mass is 16.6. The molecule has 1 aromatic carbocycles. The summed E-state index contributed by atoms with van der Waals surface area (Å²) in [6.07, 6.45) is 1.63. The number of nitro benzene ring substituents is 1. The quantitative estimate of drug-likeness (QED) is 0.259. The monoisotopic (exact) mass is 346 g/mol. The molecule has 2 aromatic rings. The smallest absolute Gasteiger partial charge is 0.269 e. The number of benzene rings is 1. The summed E-state index contributed by atoms with van der Waals surface area (Å²) in [5.74, 6) is 1.53. The minimum absolute atomic E-state index is 0.0705. The first-order chi connectivity index (χ1) is 12.1. The van der Waals surface area contributed by atoms with Crippen molar-refractivity contribution in [3.63, 3.8) is 0 Å². The lowest BCUT2D eigenvalue weighted by atomic mass is 10.2. The van der Waals surface area contributed by atoms with Gasteiger partial charge < -0.3 is 19.4 Å². The zero-order chi connectivity index (χ0) is 18.1. The highest BCUT2D eigenvalue weighted by molar-refractivity contribution is 5.79. The minimum atomic E-state index is -0.415. The largest absolute Gasteiger partial charge is 0.467 e. The van der Waals surface area contributed by atoms with Crippen LogP contribution in [0.5, 0.6) is 0 Å². The maximum atomic E-state index is 10.7. The van der Waals surface area contributed by atoms with Crippen LogP contribution in [0, 0.1) is 10.1 Å². The number of furan rings is 1. The Kier molecular flexibility index (Phi) is 6.97. The lowest BCUT2D eigenvalue weighted by Gasteiger charge is -2.21. The minimum Gasteiger partial charge on any atom is -0.467 e. The van der Waals surface area contributed by atoms with E-state index in [2.05, 4.69) is 10.3 Å². The van der Waals surface area contributed by atoms with Gasteiger partial charge in [0, 0.05) is 32.8 Å². The molecule has 0 aliphatic rings. The van der Waals surface area contributed by atoms with Crippen LogP contribution in [-0.4, -0.2) is 43.1 Å². The Morgan fingerprint density at radius 2 is 2.12 bits per heavy atom. The Hall–Kier alpha value is -2.87. The number of ether oxygens (including phenoxy) is 1. The Morgan fingerprint density at radius 1 is 1.36 bits per heavy atom.